The molecule has 0 heterocycles. The molecule has 2 aromatic rings. The lowest BCUT2D eigenvalue weighted by molar-refractivity contribution is 1.10. The summed E-state index contributed by atoms with van der Waals surface area (Å²) in [5.41, 5.74) is 8.65. The normalized spacial score (nSPS) is 10.7. The van der Waals surface area contributed by atoms with Crippen LogP contribution in [-0.2, 0) is 0 Å². The summed E-state index contributed by atoms with van der Waals surface area (Å²) in [6.07, 6.45) is 5.72. The summed E-state index contributed by atoms with van der Waals surface area (Å²) in [5, 5.41) is 0. The lowest BCUT2D eigenvalue weighted by Crippen LogP contribution is -2.20. The average molecular weight is 263 g/mol. The van der Waals surface area contributed by atoms with E-state index in [0.717, 1.165) is 0 Å². The van der Waals surface area contributed by atoms with Crippen LogP contribution < -0.4 is 0 Å². The number of aryl methyl sites for hydroxylation is 2. The molecule has 0 saturated heterocycles. The largest absolute Gasteiger partial charge is 0.153 e. The highest BCUT2D eigenvalue weighted by atomic mass is 28.3. The highest BCUT2D eigenvalue weighted by molar-refractivity contribution is 6.68. The molecule has 95 valence electrons. The molecular formula is C18H19Si. The molecule has 0 nitrogen and oxygen atoms in total. The zero-order valence-corrected chi connectivity index (χ0v) is 12.8. The minimum absolute atomic E-state index is 0.370. The molecule has 0 bridgehead atoms. The molecule has 0 N–H and O–H groups in total. The lowest BCUT2D eigenvalue weighted by atomic mass is 10.0. The quantitative estimate of drug-likeness (QED) is 0.573. The Morgan fingerprint density at radius 2 is 1.42 bits per heavy atom. The number of rotatable bonds is 3. The fourth-order valence-corrected chi connectivity index (χ4v) is 4.00. The van der Waals surface area contributed by atoms with Gasteiger partial charge in [-0.2, -0.15) is 0 Å². The lowest BCUT2D eigenvalue weighted by Gasteiger charge is -2.20. The van der Waals surface area contributed by atoms with E-state index < -0.39 is 8.80 Å². The van der Waals surface area contributed by atoms with Crippen LogP contribution in [0.5, 0.6) is 0 Å². The van der Waals surface area contributed by atoms with Crippen molar-refractivity contribution in [1.29, 1.82) is 0 Å². The Kier molecular flexibility index (Phi) is 4.24. The van der Waals surface area contributed by atoms with Gasteiger partial charge in [-0.05, 0) is 25.0 Å². The minimum atomic E-state index is -0.877. The number of hydrogen-bond acceptors (Lipinski definition) is 0. The van der Waals surface area contributed by atoms with Gasteiger partial charge in [-0.3, -0.25) is 0 Å². The summed E-state index contributed by atoms with van der Waals surface area (Å²) in [5.74, 6) is 0. The molecule has 0 aliphatic rings. The first-order chi connectivity index (χ1) is 9.11. The second-order valence-corrected chi connectivity index (χ2v) is 7.32. The molecule has 0 fully saturated rings. The molecule has 1 radical (unpaired) electrons. The zero-order chi connectivity index (χ0) is 13.8. The highest BCUT2D eigenvalue weighted by Crippen LogP contribution is 2.28. The van der Waals surface area contributed by atoms with E-state index in [1.807, 2.05) is 0 Å². The summed E-state index contributed by atoms with van der Waals surface area (Å²) in [6.45, 7) is 6.49. The molecule has 0 saturated carbocycles. The first-order valence-electron chi connectivity index (χ1n) is 6.55. The van der Waals surface area contributed by atoms with Crippen molar-refractivity contribution in [3.8, 4) is 12.0 Å². The van der Waals surface area contributed by atoms with E-state index >= 15 is 0 Å². The van der Waals surface area contributed by atoms with E-state index in [-0.39, 0.29) is 0 Å². The van der Waals surface area contributed by atoms with Crippen LogP contribution in [0, 0.1) is 25.8 Å². The van der Waals surface area contributed by atoms with Gasteiger partial charge in [0.25, 0.3) is 0 Å². The van der Waals surface area contributed by atoms with E-state index in [2.05, 4.69) is 74.5 Å². The van der Waals surface area contributed by atoms with Crippen LogP contribution in [0.1, 0.15) is 27.8 Å². The van der Waals surface area contributed by atoms with Crippen LogP contribution in [0.2, 0.25) is 6.55 Å². The number of terminal acetylenes is 1. The van der Waals surface area contributed by atoms with Gasteiger partial charge in [0, 0.05) is 5.54 Å². The molecule has 2 rings (SSSR count). The smallest absolute Gasteiger partial charge is 0.136 e. The summed E-state index contributed by atoms with van der Waals surface area (Å²) in [7, 11) is -0.877. The number of hydrogen-bond donors (Lipinski definition) is 0. The van der Waals surface area contributed by atoms with Crippen molar-refractivity contribution in [2.75, 3.05) is 0 Å². The first kappa shape index (κ1) is 13.6. The van der Waals surface area contributed by atoms with Gasteiger partial charge in [-0.15, -0.1) is 12.0 Å². The predicted molar refractivity (Wildman–Crippen MR) is 84.7 cm³/mol. The van der Waals surface area contributed by atoms with Gasteiger partial charge in [-0.1, -0.05) is 66.2 Å². The molecule has 0 aromatic heterocycles. The van der Waals surface area contributed by atoms with Crippen LogP contribution in [0.3, 0.4) is 0 Å². The van der Waals surface area contributed by atoms with Crippen LogP contribution in [0.15, 0.2) is 48.5 Å². The van der Waals surface area contributed by atoms with Crippen LogP contribution in [0.4, 0.5) is 0 Å². The molecule has 0 unspecified atom stereocenters. The molecule has 0 aliphatic carbocycles. The molecule has 0 spiro atoms. The van der Waals surface area contributed by atoms with Crippen molar-refractivity contribution in [2.24, 2.45) is 0 Å². The van der Waals surface area contributed by atoms with E-state index in [0.29, 0.717) is 5.54 Å². The summed E-state index contributed by atoms with van der Waals surface area (Å²) in [6, 6.07) is 17.4. The maximum Gasteiger partial charge on any atom is 0.153 e. The molecule has 1 heteroatoms. The maximum atomic E-state index is 5.72. The van der Waals surface area contributed by atoms with Crippen LogP contribution in [0.25, 0.3) is 0 Å². The average Bonchev–Trinajstić information content (AvgIpc) is 2.39. The van der Waals surface area contributed by atoms with Crippen molar-refractivity contribution in [2.45, 2.75) is 25.9 Å². The number of benzene rings is 2. The third-order valence-electron chi connectivity index (χ3n) is 3.41. The van der Waals surface area contributed by atoms with Crippen LogP contribution >= 0.6 is 0 Å². The molecule has 0 aliphatic heterocycles. The summed E-state index contributed by atoms with van der Waals surface area (Å²) in [4.78, 5) is 0. The van der Waals surface area contributed by atoms with Gasteiger partial charge in [0.2, 0.25) is 0 Å². The van der Waals surface area contributed by atoms with Gasteiger partial charge in [0.1, 0.15) is 0 Å². The fourth-order valence-electron chi connectivity index (χ4n) is 2.48. The SMILES string of the molecule is C#C[Si](C)C(c1cccc(C)c1)c1cccc(C)c1. The Bertz CT molecular complexity index is 562. The maximum absolute atomic E-state index is 5.72. The van der Waals surface area contributed by atoms with Gasteiger partial charge >= 0.3 is 0 Å². The van der Waals surface area contributed by atoms with Gasteiger partial charge in [0.05, 0.1) is 0 Å². The monoisotopic (exact) mass is 263 g/mol. The topological polar surface area (TPSA) is 0 Å². The Morgan fingerprint density at radius 3 is 1.79 bits per heavy atom. The molecular weight excluding hydrogens is 244 g/mol. The third-order valence-corrected chi connectivity index (χ3v) is 5.40. The Balaban J connectivity index is 2.51. The molecule has 0 atom stereocenters. The van der Waals surface area contributed by atoms with Gasteiger partial charge < -0.3 is 0 Å². The first-order valence-corrected chi connectivity index (χ1v) is 8.62. The van der Waals surface area contributed by atoms with Crippen molar-refractivity contribution < 1.29 is 0 Å². The standard InChI is InChI=1S/C18H19Si/c1-5-19(4)18(16-10-6-8-14(2)12-16)17-11-7-9-15(3)13-17/h1,6-13,18H,2-4H3. The molecule has 19 heavy (non-hydrogen) atoms. The minimum Gasteiger partial charge on any atom is -0.136 e. The second-order valence-electron chi connectivity index (χ2n) is 5.09. The Morgan fingerprint density at radius 1 is 0.947 bits per heavy atom. The van der Waals surface area contributed by atoms with E-state index in [1.54, 1.807) is 0 Å². The molecule has 2 aromatic carbocycles. The van der Waals surface area contributed by atoms with Gasteiger partial charge in [-0.25, -0.2) is 0 Å². The fraction of sp³-hybridized carbons (Fsp3) is 0.222. The van der Waals surface area contributed by atoms with Crippen molar-refractivity contribution >= 4 is 8.80 Å². The van der Waals surface area contributed by atoms with Crippen molar-refractivity contribution in [1.82, 2.24) is 0 Å². The van der Waals surface area contributed by atoms with Gasteiger partial charge in [0.15, 0.2) is 8.80 Å². The summed E-state index contributed by atoms with van der Waals surface area (Å²) >= 11 is 0. The van der Waals surface area contributed by atoms with E-state index in [9.17, 15) is 0 Å². The molecule has 0 amide bonds. The Hall–Kier alpha value is -1.78. The predicted octanol–water partition coefficient (Wildman–Crippen LogP) is 4.27. The van der Waals surface area contributed by atoms with E-state index in [1.165, 1.54) is 22.3 Å². The highest BCUT2D eigenvalue weighted by Gasteiger charge is 2.22. The van der Waals surface area contributed by atoms with E-state index in [4.69, 9.17) is 6.42 Å². The van der Waals surface area contributed by atoms with Crippen molar-refractivity contribution in [3.05, 3.63) is 70.8 Å². The third kappa shape index (κ3) is 3.16. The summed E-state index contributed by atoms with van der Waals surface area (Å²) < 4.78 is 0. The second kappa shape index (κ2) is 5.91. The van der Waals surface area contributed by atoms with Crippen LogP contribution in [-0.4, -0.2) is 8.80 Å². The zero-order valence-electron chi connectivity index (χ0n) is 11.8. The van der Waals surface area contributed by atoms with Crippen molar-refractivity contribution in [3.63, 3.8) is 0 Å². The Labute approximate surface area is 118 Å².